The highest BCUT2D eigenvalue weighted by Crippen LogP contribution is 2.30. The van der Waals surface area contributed by atoms with E-state index in [4.69, 9.17) is 0 Å². The van der Waals surface area contributed by atoms with Crippen molar-refractivity contribution in [1.29, 1.82) is 0 Å². The van der Waals surface area contributed by atoms with Gasteiger partial charge in [0.1, 0.15) is 6.54 Å². The van der Waals surface area contributed by atoms with Gasteiger partial charge in [0.2, 0.25) is 11.8 Å². The molecule has 2 heterocycles. The minimum Gasteiger partial charge on any atom is -0.333 e. The molecule has 126 valence electrons. The van der Waals surface area contributed by atoms with Crippen LogP contribution >= 0.6 is 11.3 Å². The third-order valence-corrected chi connectivity index (χ3v) is 5.10. The van der Waals surface area contributed by atoms with Crippen LogP contribution in [0, 0.1) is 5.92 Å². The lowest BCUT2D eigenvalue weighted by atomic mass is 10.0. The number of aromatic nitrogens is 1. The molecular formula is C14H16F3N3O2S. The number of rotatable bonds is 3. The average Bonchev–Trinajstić information content (AvgIpc) is 3.00. The Bertz CT molecular complexity index is 606. The summed E-state index contributed by atoms with van der Waals surface area (Å²) in [4.78, 5) is 30.0. The fraction of sp³-hybridized carbons (Fsp3) is 0.643. The lowest BCUT2D eigenvalue weighted by Gasteiger charge is -2.18. The van der Waals surface area contributed by atoms with Crippen LogP contribution in [0.3, 0.4) is 0 Å². The lowest BCUT2D eigenvalue weighted by Crippen LogP contribution is -2.36. The average molecular weight is 347 g/mol. The summed E-state index contributed by atoms with van der Waals surface area (Å²) in [6.07, 6.45) is -0.616. The molecule has 9 heteroatoms. The van der Waals surface area contributed by atoms with Gasteiger partial charge >= 0.3 is 6.18 Å². The third kappa shape index (κ3) is 3.82. The Morgan fingerprint density at radius 2 is 2.09 bits per heavy atom. The molecular weight excluding hydrogens is 331 g/mol. The van der Waals surface area contributed by atoms with E-state index < -0.39 is 30.5 Å². The first-order chi connectivity index (χ1) is 10.8. The highest BCUT2D eigenvalue weighted by atomic mass is 32.1. The van der Waals surface area contributed by atoms with Crippen molar-refractivity contribution in [2.75, 3.05) is 18.4 Å². The third-order valence-electron chi connectivity index (χ3n) is 4.03. The Morgan fingerprint density at radius 3 is 2.78 bits per heavy atom. The molecule has 2 aliphatic rings. The van der Waals surface area contributed by atoms with Crippen LogP contribution in [-0.4, -0.2) is 41.0 Å². The number of halogens is 3. The van der Waals surface area contributed by atoms with Crippen LogP contribution < -0.4 is 5.32 Å². The topological polar surface area (TPSA) is 62.3 Å². The predicted molar refractivity (Wildman–Crippen MR) is 78.1 cm³/mol. The zero-order chi connectivity index (χ0) is 16.6. The molecule has 1 aliphatic carbocycles. The van der Waals surface area contributed by atoms with Gasteiger partial charge in [0, 0.05) is 17.8 Å². The van der Waals surface area contributed by atoms with E-state index in [2.05, 4.69) is 10.3 Å². The number of carbonyl (C=O) groups is 2. The molecule has 0 bridgehead atoms. The van der Waals surface area contributed by atoms with Gasteiger partial charge in [-0.15, -0.1) is 11.3 Å². The fourth-order valence-electron chi connectivity index (χ4n) is 2.93. The van der Waals surface area contributed by atoms with E-state index in [1.807, 2.05) is 0 Å². The van der Waals surface area contributed by atoms with Crippen molar-refractivity contribution in [3.63, 3.8) is 0 Å². The number of carbonyl (C=O) groups excluding carboxylic acids is 2. The van der Waals surface area contributed by atoms with Crippen LogP contribution in [0.2, 0.25) is 0 Å². The molecule has 1 atom stereocenters. The van der Waals surface area contributed by atoms with Crippen LogP contribution in [0.5, 0.6) is 0 Å². The summed E-state index contributed by atoms with van der Waals surface area (Å²) < 4.78 is 37.2. The largest absolute Gasteiger partial charge is 0.406 e. The second-order valence-electron chi connectivity index (χ2n) is 5.88. The predicted octanol–water partition coefficient (Wildman–Crippen LogP) is 2.37. The summed E-state index contributed by atoms with van der Waals surface area (Å²) in [5.74, 6) is -1.83. The summed E-state index contributed by atoms with van der Waals surface area (Å²) in [6.45, 7) is -1.50. The summed E-state index contributed by atoms with van der Waals surface area (Å²) in [5, 5.41) is 3.13. The van der Waals surface area contributed by atoms with Gasteiger partial charge in [-0.2, -0.15) is 13.2 Å². The molecule has 23 heavy (non-hydrogen) atoms. The van der Waals surface area contributed by atoms with Crippen molar-refractivity contribution in [1.82, 2.24) is 9.88 Å². The molecule has 1 fully saturated rings. The highest BCUT2D eigenvalue weighted by molar-refractivity contribution is 7.15. The van der Waals surface area contributed by atoms with Crippen molar-refractivity contribution in [2.45, 2.75) is 38.3 Å². The van der Waals surface area contributed by atoms with Crippen molar-refractivity contribution in [3.05, 3.63) is 10.6 Å². The number of thiazole rings is 1. The number of nitrogens with one attached hydrogen (secondary N) is 1. The number of anilines is 1. The number of aryl methyl sites for hydroxylation is 2. The van der Waals surface area contributed by atoms with Gasteiger partial charge in [-0.3, -0.25) is 9.59 Å². The number of hydrogen-bond acceptors (Lipinski definition) is 4. The van der Waals surface area contributed by atoms with Gasteiger partial charge < -0.3 is 10.2 Å². The van der Waals surface area contributed by atoms with Gasteiger partial charge in [0.15, 0.2) is 5.13 Å². The summed E-state index contributed by atoms with van der Waals surface area (Å²) in [6, 6.07) is 0. The molecule has 1 saturated heterocycles. The maximum absolute atomic E-state index is 12.4. The Hall–Kier alpha value is -1.64. The Labute approximate surface area is 134 Å². The SMILES string of the molecule is O=C(Nc1nc2c(s1)CCCC2)[C@@H]1CC(=O)N(CC(F)(F)F)C1. The molecule has 0 spiro atoms. The van der Waals surface area contributed by atoms with E-state index in [9.17, 15) is 22.8 Å². The first-order valence-electron chi connectivity index (χ1n) is 7.46. The monoisotopic (exact) mass is 347 g/mol. The second-order valence-corrected chi connectivity index (χ2v) is 6.96. The molecule has 2 amide bonds. The van der Waals surface area contributed by atoms with E-state index >= 15 is 0 Å². The molecule has 0 saturated carbocycles. The Kier molecular flexibility index (Phi) is 4.31. The van der Waals surface area contributed by atoms with Crippen LogP contribution in [0.4, 0.5) is 18.3 Å². The van der Waals surface area contributed by atoms with E-state index in [0.29, 0.717) is 10.0 Å². The summed E-state index contributed by atoms with van der Waals surface area (Å²) >= 11 is 1.41. The molecule has 0 radical (unpaired) electrons. The van der Waals surface area contributed by atoms with Crippen molar-refractivity contribution in [2.24, 2.45) is 5.92 Å². The molecule has 3 rings (SSSR count). The van der Waals surface area contributed by atoms with Crippen molar-refractivity contribution < 1.29 is 22.8 Å². The van der Waals surface area contributed by atoms with Crippen LogP contribution in [0.15, 0.2) is 0 Å². The Balaban J connectivity index is 1.60. The lowest BCUT2D eigenvalue weighted by molar-refractivity contribution is -0.157. The summed E-state index contributed by atoms with van der Waals surface area (Å²) in [5.41, 5.74) is 0.998. The number of hydrogen-bond donors (Lipinski definition) is 1. The van der Waals surface area contributed by atoms with Gasteiger partial charge in [-0.05, 0) is 25.7 Å². The van der Waals surface area contributed by atoms with Gasteiger partial charge in [-0.1, -0.05) is 0 Å². The molecule has 1 aliphatic heterocycles. The minimum absolute atomic E-state index is 0.187. The fourth-order valence-corrected chi connectivity index (χ4v) is 3.98. The number of nitrogens with zero attached hydrogens (tertiary/aromatic N) is 2. The quantitative estimate of drug-likeness (QED) is 0.913. The van der Waals surface area contributed by atoms with E-state index in [1.165, 1.54) is 11.3 Å². The normalized spacial score (nSPS) is 21.4. The van der Waals surface area contributed by atoms with Crippen molar-refractivity contribution >= 4 is 28.3 Å². The standard InChI is InChI=1S/C14H16F3N3O2S/c15-14(16,17)7-20-6-8(5-11(20)21)12(22)19-13-18-9-3-1-2-4-10(9)23-13/h8H,1-7H2,(H,18,19,22)/t8-/m1/s1. The number of likely N-dealkylation sites (tertiary alicyclic amines) is 1. The molecule has 1 aromatic rings. The van der Waals surface area contributed by atoms with Crippen molar-refractivity contribution in [3.8, 4) is 0 Å². The maximum Gasteiger partial charge on any atom is 0.406 e. The van der Waals surface area contributed by atoms with Gasteiger partial charge in [-0.25, -0.2) is 4.98 Å². The smallest absolute Gasteiger partial charge is 0.333 e. The molecule has 1 aromatic heterocycles. The zero-order valence-electron chi connectivity index (χ0n) is 12.3. The highest BCUT2D eigenvalue weighted by Gasteiger charge is 2.40. The van der Waals surface area contributed by atoms with E-state index in [0.717, 1.165) is 36.3 Å². The number of alkyl halides is 3. The first kappa shape index (κ1) is 16.2. The summed E-state index contributed by atoms with van der Waals surface area (Å²) in [7, 11) is 0. The maximum atomic E-state index is 12.4. The molecule has 0 aromatic carbocycles. The number of fused-ring (bicyclic) bond motifs is 1. The number of amides is 2. The van der Waals surface area contributed by atoms with Gasteiger partial charge in [0.05, 0.1) is 11.6 Å². The van der Waals surface area contributed by atoms with E-state index in [1.54, 1.807) is 0 Å². The zero-order valence-corrected chi connectivity index (χ0v) is 13.1. The molecule has 5 nitrogen and oxygen atoms in total. The molecule has 1 N–H and O–H groups in total. The second kappa shape index (κ2) is 6.10. The minimum atomic E-state index is -4.45. The Morgan fingerprint density at radius 1 is 1.35 bits per heavy atom. The van der Waals surface area contributed by atoms with Gasteiger partial charge in [0.25, 0.3) is 0 Å². The van der Waals surface area contributed by atoms with E-state index in [-0.39, 0.29) is 13.0 Å². The van der Waals surface area contributed by atoms with Crippen LogP contribution in [-0.2, 0) is 22.4 Å². The first-order valence-corrected chi connectivity index (χ1v) is 8.27. The molecule has 0 unspecified atom stereocenters. The van der Waals surface area contributed by atoms with Crippen LogP contribution in [0.1, 0.15) is 29.8 Å². The van der Waals surface area contributed by atoms with Crippen LogP contribution in [0.25, 0.3) is 0 Å².